The van der Waals surface area contributed by atoms with Crippen LogP contribution in [0, 0.1) is 0 Å². The van der Waals surface area contributed by atoms with Crippen molar-refractivity contribution in [1.29, 1.82) is 0 Å². The van der Waals surface area contributed by atoms with Crippen LogP contribution in [0.3, 0.4) is 0 Å². The van der Waals surface area contributed by atoms with E-state index in [1.165, 1.54) is 7.05 Å². The van der Waals surface area contributed by atoms with Crippen molar-refractivity contribution >= 4 is 5.91 Å². The van der Waals surface area contributed by atoms with Crippen molar-refractivity contribution < 1.29 is 29.6 Å². The Hall–Kier alpha value is -0.890. The molecule has 2 fully saturated rings. The highest BCUT2D eigenvalue weighted by atomic mass is 16.7. The number of hydrogen-bond donors (Lipinski definition) is 8. The van der Waals surface area contributed by atoms with Gasteiger partial charge in [-0.15, -0.1) is 0 Å². The Morgan fingerprint density at radius 1 is 1.22 bits per heavy atom. The molecule has 1 aliphatic carbocycles. The second-order valence-electron chi connectivity index (χ2n) is 7.33. The lowest BCUT2D eigenvalue weighted by molar-refractivity contribution is -0.263. The molecule has 1 saturated heterocycles. The van der Waals surface area contributed by atoms with E-state index in [1.807, 2.05) is 6.92 Å². The molecule has 2 aliphatic rings. The number of nitrogens with one attached hydrogen (secondary N) is 2. The van der Waals surface area contributed by atoms with Crippen LogP contribution in [0.25, 0.3) is 0 Å². The predicted molar refractivity (Wildman–Crippen MR) is 96.2 cm³/mol. The van der Waals surface area contributed by atoms with Gasteiger partial charge in [0.25, 0.3) is 0 Å². The maximum atomic E-state index is 11.8. The lowest BCUT2D eigenvalue weighted by Gasteiger charge is -2.48. The highest BCUT2D eigenvalue weighted by molar-refractivity contribution is 5.78. The van der Waals surface area contributed by atoms with E-state index in [1.54, 1.807) is 0 Å². The average Bonchev–Trinajstić information content (AvgIpc) is 2.64. The zero-order valence-corrected chi connectivity index (χ0v) is 15.7. The van der Waals surface area contributed by atoms with Crippen LogP contribution in [-0.2, 0) is 14.3 Å². The van der Waals surface area contributed by atoms with E-state index in [4.69, 9.17) is 26.7 Å². The summed E-state index contributed by atoms with van der Waals surface area (Å²) in [5.41, 5.74) is 17.3. The number of ether oxygens (including phenoxy) is 2. The van der Waals surface area contributed by atoms with Crippen LogP contribution in [0.4, 0.5) is 0 Å². The molecule has 158 valence electrons. The number of hydrogen-bond acceptors (Lipinski definition) is 10. The normalized spacial score (nSPS) is 43.9. The molecule has 0 aromatic rings. The van der Waals surface area contributed by atoms with Gasteiger partial charge >= 0.3 is 0 Å². The third-order valence-corrected chi connectivity index (χ3v) is 5.31. The maximum Gasteiger partial charge on any atom is 0.234 e. The van der Waals surface area contributed by atoms with Crippen LogP contribution >= 0.6 is 0 Å². The number of aliphatic hydroxyl groups is 3. The first-order chi connectivity index (χ1) is 12.7. The van der Waals surface area contributed by atoms with Crippen molar-refractivity contribution in [2.75, 3.05) is 13.6 Å². The Morgan fingerprint density at radius 3 is 2.41 bits per heavy atom. The highest BCUT2D eigenvalue weighted by Gasteiger charge is 2.51. The van der Waals surface area contributed by atoms with Gasteiger partial charge in [0.05, 0.1) is 36.9 Å². The Morgan fingerprint density at radius 2 is 1.85 bits per heavy atom. The second-order valence-corrected chi connectivity index (χ2v) is 7.33. The van der Waals surface area contributed by atoms with Gasteiger partial charge in [0, 0.05) is 6.04 Å². The molecule has 11 N–H and O–H groups in total. The van der Waals surface area contributed by atoms with Gasteiger partial charge in [0.1, 0.15) is 18.3 Å². The molecule has 0 bridgehead atoms. The molecule has 10 atom stereocenters. The van der Waals surface area contributed by atoms with Gasteiger partial charge in [0.2, 0.25) is 5.91 Å². The summed E-state index contributed by atoms with van der Waals surface area (Å²) < 4.78 is 11.8. The average molecular weight is 391 g/mol. The van der Waals surface area contributed by atoms with Crippen LogP contribution in [0.15, 0.2) is 0 Å². The van der Waals surface area contributed by atoms with E-state index in [0.29, 0.717) is 12.8 Å². The maximum absolute atomic E-state index is 11.8. The number of aliphatic hydroxyl groups excluding tert-OH is 3. The number of likely N-dealkylation sites (N-methyl/N-ethyl adjacent to an activating group) is 1. The molecule has 0 spiro atoms. The fourth-order valence-corrected chi connectivity index (χ4v) is 3.67. The SMILES string of the molecule is CN[C@H]1[C@@H](O)[C@H](O[C@H]2O[C@H]([C@H](C)N)CC[C@H]2N)[C@@H](NC(=O)CN)[C@H](O)[C@@H]1O. The number of rotatable bonds is 6. The number of carbonyl (C=O) groups excluding carboxylic acids is 1. The standard InChI is InChI=1S/C16H33N5O6/c1-6(18)8-4-3-7(19)16(26-8)27-15-11(21-9(22)5-17)13(24)12(23)10(20-2)14(15)25/h6-8,10-16,20,23-25H,3-5,17-19H2,1-2H3,(H,21,22)/t6-,7+,8-,10+,11-,12+,13-,14+,15+,16+/m0/s1. The van der Waals surface area contributed by atoms with Gasteiger partial charge in [-0.05, 0) is 26.8 Å². The molecule has 2 rings (SSSR count). The molecule has 1 heterocycles. The quantitative estimate of drug-likeness (QED) is 0.219. The minimum atomic E-state index is -1.39. The molecule has 1 aliphatic heterocycles. The van der Waals surface area contributed by atoms with Crippen molar-refractivity contribution in [2.45, 2.75) is 80.7 Å². The molecule has 0 aromatic heterocycles. The molecule has 11 heteroatoms. The van der Waals surface area contributed by atoms with Crippen LogP contribution < -0.4 is 27.8 Å². The lowest BCUT2D eigenvalue weighted by atomic mass is 9.81. The van der Waals surface area contributed by atoms with E-state index in [-0.39, 0.29) is 18.7 Å². The minimum absolute atomic E-state index is 0.231. The van der Waals surface area contributed by atoms with E-state index >= 15 is 0 Å². The third-order valence-electron chi connectivity index (χ3n) is 5.31. The van der Waals surface area contributed by atoms with Crippen molar-refractivity contribution in [2.24, 2.45) is 17.2 Å². The first-order valence-electron chi connectivity index (χ1n) is 9.24. The number of amides is 1. The van der Waals surface area contributed by atoms with Crippen molar-refractivity contribution in [3.8, 4) is 0 Å². The molecular weight excluding hydrogens is 358 g/mol. The van der Waals surface area contributed by atoms with Crippen molar-refractivity contribution in [3.63, 3.8) is 0 Å². The Balaban J connectivity index is 2.22. The summed E-state index contributed by atoms with van der Waals surface area (Å²) in [4.78, 5) is 11.8. The Kier molecular flexibility index (Phi) is 7.92. The molecular formula is C16H33N5O6. The summed E-state index contributed by atoms with van der Waals surface area (Å²) in [6.07, 6.45) is -4.90. The third kappa shape index (κ3) is 4.94. The van der Waals surface area contributed by atoms with E-state index < -0.39 is 54.7 Å². The fraction of sp³-hybridized carbons (Fsp3) is 0.938. The topological polar surface area (TPSA) is 198 Å². The molecule has 0 radical (unpaired) electrons. The Labute approximate surface area is 158 Å². The van der Waals surface area contributed by atoms with Crippen LogP contribution in [-0.4, -0.2) is 95.8 Å². The summed E-state index contributed by atoms with van der Waals surface area (Å²) in [5.74, 6) is -0.558. The van der Waals surface area contributed by atoms with Gasteiger partial charge in [-0.25, -0.2) is 0 Å². The fourth-order valence-electron chi connectivity index (χ4n) is 3.67. The molecule has 0 unspecified atom stereocenters. The zero-order chi connectivity index (χ0) is 20.3. The van der Waals surface area contributed by atoms with E-state index in [9.17, 15) is 20.1 Å². The molecule has 1 saturated carbocycles. The minimum Gasteiger partial charge on any atom is -0.389 e. The smallest absolute Gasteiger partial charge is 0.234 e. The molecule has 27 heavy (non-hydrogen) atoms. The Bertz CT molecular complexity index is 498. The first kappa shape index (κ1) is 22.4. The zero-order valence-electron chi connectivity index (χ0n) is 15.7. The van der Waals surface area contributed by atoms with Gasteiger partial charge < -0.3 is 52.6 Å². The summed E-state index contributed by atoms with van der Waals surface area (Å²) >= 11 is 0. The molecule has 0 aromatic carbocycles. The van der Waals surface area contributed by atoms with E-state index in [2.05, 4.69) is 10.6 Å². The monoisotopic (exact) mass is 391 g/mol. The summed E-state index contributed by atoms with van der Waals surface area (Å²) in [5, 5.41) is 36.7. The molecule has 1 amide bonds. The summed E-state index contributed by atoms with van der Waals surface area (Å²) in [7, 11) is 1.54. The van der Waals surface area contributed by atoms with Crippen LogP contribution in [0.1, 0.15) is 19.8 Å². The summed E-state index contributed by atoms with van der Waals surface area (Å²) in [6, 6.07) is -2.66. The lowest BCUT2D eigenvalue weighted by Crippen LogP contribution is -2.72. The van der Waals surface area contributed by atoms with Crippen LogP contribution in [0.5, 0.6) is 0 Å². The van der Waals surface area contributed by atoms with Gasteiger partial charge in [-0.2, -0.15) is 0 Å². The predicted octanol–water partition coefficient (Wildman–Crippen LogP) is -4.32. The van der Waals surface area contributed by atoms with Gasteiger partial charge in [-0.3, -0.25) is 4.79 Å². The second kappa shape index (κ2) is 9.54. The first-order valence-corrected chi connectivity index (χ1v) is 9.24. The van der Waals surface area contributed by atoms with Crippen molar-refractivity contribution in [3.05, 3.63) is 0 Å². The summed E-state index contributed by atoms with van der Waals surface area (Å²) in [6.45, 7) is 1.50. The van der Waals surface area contributed by atoms with Gasteiger partial charge in [0.15, 0.2) is 6.29 Å². The van der Waals surface area contributed by atoms with E-state index in [0.717, 1.165) is 0 Å². The van der Waals surface area contributed by atoms with Crippen LogP contribution in [0.2, 0.25) is 0 Å². The number of carbonyl (C=O) groups is 1. The largest absolute Gasteiger partial charge is 0.389 e. The van der Waals surface area contributed by atoms with Gasteiger partial charge in [-0.1, -0.05) is 0 Å². The van der Waals surface area contributed by atoms with Crippen molar-refractivity contribution in [1.82, 2.24) is 10.6 Å². The molecule has 11 nitrogen and oxygen atoms in total. The highest BCUT2D eigenvalue weighted by Crippen LogP contribution is 2.28. The number of nitrogens with two attached hydrogens (primary N) is 3.